The van der Waals surface area contributed by atoms with Crippen molar-refractivity contribution in [2.45, 2.75) is 24.3 Å². The molecule has 28 heavy (non-hydrogen) atoms. The Balaban J connectivity index is 1.86. The van der Waals surface area contributed by atoms with Gasteiger partial charge in [-0.25, -0.2) is 13.8 Å². The molecule has 0 N–H and O–H groups in total. The maximum absolute atomic E-state index is 14.1. The van der Waals surface area contributed by atoms with Crippen LogP contribution in [-0.4, -0.2) is 38.9 Å². The van der Waals surface area contributed by atoms with Gasteiger partial charge in [0.15, 0.2) is 0 Å². The van der Waals surface area contributed by atoms with Gasteiger partial charge in [-0.15, -0.1) is 0 Å². The van der Waals surface area contributed by atoms with E-state index < -0.39 is 5.92 Å². The summed E-state index contributed by atoms with van der Waals surface area (Å²) in [4.78, 5) is 15.0. The Kier molecular flexibility index (Phi) is 5.46. The lowest BCUT2D eigenvalue weighted by molar-refractivity contribution is 0.00630. The second-order valence-electron chi connectivity index (χ2n) is 6.96. The van der Waals surface area contributed by atoms with Gasteiger partial charge >= 0.3 is 0 Å². The van der Waals surface area contributed by atoms with Gasteiger partial charge in [-0.3, -0.25) is 14.9 Å². The summed E-state index contributed by atoms with van der Waals surface area (Å²) >= 11 is 3.42. The molecule has 1 fully saturated rings. The Morgan fingerprint density at radius 1 is 0.964 bits per heavy atom. The van der Waals surface area contributed by atoms with Crippen molar-refractivity contribution in [3.8, 4) is 0 Å². The van der Waals surface area contributed by atoms with Gasteiger partial charge in [0, 0.05) is 43.7 Å². The molecule has 3 aromatic heterocycles. The fraction of sp³-hybridized carbons (Fsp3) is 0.286. The number of hydrogen-bond acceptors (Lipinski definition) is 4. The summed E-state index contributed by atoms with van der Waals surface area (Å²) < 4.78 is 28.9. The first-order chi connectivity index (χ1) is 13.5. The Labute approximate surface area is 170 Å². The molecule has 0 saturated carbocycles. The molecule has 4 heterocycles. The summed E-state index contributed by atoms with van der Waals surface area (Å²) in [6, 6.07) is 12.9. The van der Waals surface area contributed by atoms with Crippen molar-refractivity contribution >= 4 is 15.9 Å². The van der Waals surface area contributed by atoms with Gasteiger partial charge in [0.05, 0.1) is 18.3 Å². The Morgan fingerprint density at radius 2 is 1.64 bits per heavy atom. The van der Waals surface area contributed by atoms with Crippen molar-refractivity contribution in [2.75, 3.05) is 13.1 Å². The standard InChI is InChI=1S/C21H19BrF2N4/c22-18-7-1-6-17(27-18)20(28-11-8-21(23,24)14-28)19(15-4-2-9-25-12-15)16-5-3-10-26-13-16/h1-7,9-10,12-13,19-20H,8,11,14H2. The fourth-order valence-corrected chi connectivity index (χ4v) is 4.19. The number of halogens is 3. The molecule has 1 saturated heterocycles. The summed E-state index contributed by atoms with van der Waals surface area (Å²) in [6.45, 7) is 0.0196. The topological polar surface area (TPSA) is 41.9 Å². The van der Waals surface area contributed by atoms with E-state index >= 15 is 0 Å². The van der Waals surface area contributed by atoms with Crippen LogP contribution in [0.15, 0.2) is 71.9 Å². The van der Waals surface area contributed by atoms with E-state index in [0.717, 1.165) is 16.8 Å². The van der Waals surface area contributed by atoms with E-state index in [9.17, 15) is 8.78 Å². The average Bonchev–Trinajstić information content (AvgIpc) is 3.06. The van der Waals surface area contributed by atoms with Crippen LogP contribution in [-0.2, 0) is 0 Å². The van der Waals surface area contributed by atoms with Gasteiger partial charge in [0.2, 0.25) is 0 Å². The summed E-state index contributed by atoms with van der Waals surface area (Å²) in [5, 5.41) is 0. The van der Waals surface area contributed by atoms with E-state index in [2.05, 4.69) is 30.9 Å². The number of pyridine rings is 3. The third kappa shape index (κ3) is 4.10. The molecule has 0 amide bonds. The normalized spacial score (nSPS) is 17.7. The van der Waals surface area contributed by atoms with Crippen LogP contribution < -0.4 is 0 Å². The van der Waals surface area contributed by atoms with Gasteiger partial charge in [0.25, 0.3) is 5.92 Å². The van der Waals surface area contributed by atoms with Gasteiger partial charge in [-0.05, 0) is 51.3 Å². The predicted molar refractivity (Wildman–Crippen MR) is 106 cm³/mol. The molecular weight excluding hydrogens is 426 g/mol. The van der Waals surface area contributed by atoms with Crippen LogP contribution in [0.25, 0.3) is 0 Å². The number of rotatable bonds is 5. The Morgan fingerprint density at radius 3 is 2.14 bits per heavy atom. The molecule has 4 nitrogen and oxygen atoms in total. The van der Waals surface area contributed by atoms with Gasteiger partial charge in [-0.1, -0.05) is 18.2 Å². The molecule has 0 aliphatic carbocycles. The first kappa shape index (κ1) is 19.1. The first-order valence-electron chi connectivity index (χ1n) is 9.08. The van der Waals surface area contributed by atoms with Crippen LogP contribution in [0.1, 0.15) is 35.2 Å². The van der Waals surface area contributed by atoms with Crippen molar-refractivity contribution in [3.63, 3.8) is 0 Å². The minimum absolute atomic E-state index is 0.149. The third-order valence-corrected chi connectivity index (χ3v) is 5.48. The fourth-order valence-electron chi connectivity index (χ4n) is 3.83. The van der Waals surface area contributed by atoms with Gasteiger partial charge in [0.1, 0.15) is 4.60 Å². The zero-order valence-electron chi connectivity index (χ0n) is 15.0. The summed E-state index contributed by atoms with van der Waals surface area (Å²) in [7, 11) is 0. The summed E-state index contributed by atoms with van der Waals surface area (Å²) in [5.41, 5.74) is 2.62. The molecule has 1 aliphatic rings. The molecule has 1 unspecified atom stereocenters. The second kappa shape index (κ2) is 8.01. The lowest BCUT2D eigenvalue weighted by Crippen LogP contribution is -2.34. The largest absolute Gasteiger partial charge is 0.288 e. The molecule has 1 atom stereocenters. The highest BCUT2D eigenvalue weighted by Gasteiger charge is 2.44. The van der Waals surface area contributed by atoms with E-state index in [4.69, 9.17) is 0 Å². The monoisotopic (exact) mass is 444 g/mol. The van der Waals surface area contributed by atoms with Crippen LogP contribution >= 0.6 is 15.9 Å². The van der Waals surface area contributed by atoms with Crippen molar-refractivity contribution in [3.05, 3.63) is 88.7 Å². The van der Waals surface area contributed by atoms with Crippen molar-refractivity contribution < 1.29 is 8.78 Å². The number of alkyl halides is 2. The molecule has 0 radical (unpaired) electrons. The minimum Gasteiger partial charge on any atom is -0.288 e. The zero-order valence-corrected chi connectivity index (χ0v) is 16.6. The maximum Gasteiger partial charge on any atom is 0.261 e. The van der Waals surface area contributed by atoms with E-state index in [1.54, 1.807) is 24.8 Å². The van der Waals surface area contributed by atoms with Crippen LogP contribution in [0.5, 0.6) is 0 Å². The van der Waals surface area contributed by atoms with Crippen LogP contribution in [0.4, 0.5) is 8.78 Å². The number of nitrogens with zero attached hydrogens (tertiary/aromatic N) is 4. The Hall–Kier alpha value is -2.25. The molecule has 0 bridgehead atoms. The highest BCUT2D eigenvalue weighted by atomic mass is 79.9. The van der Waals surface area contributed by atoms with E-state index in [1.807, 2.05) is 47.4 Å². The molecule has 7 heteroatoms. The molecule has 3 aromatic rings. The maximum atomic E-state index is 14.1. The highest BCUT2D eigenvalue weighted by molar-refractivity contribution is 9.10. The third-order valence-electron chi connectivity index (χ3n) is 5.04. The predicted octanol–water partition coefficient (Wildman–Crippen LogP) is 4.85. The first-order valence-corrected chi connectivity index (χ1v) is 9.87. The smallest absolute Gasteiger partial charge is 0.261 e. The average molecular weight is 445 g/mol. The molecule has 0 aromatic carbocycles. The molecule has 1 aliphatic heterocycles. The van der Waals surface area contributed by atoms with Crippen molar-refractivity contribution in [1.29, 1.82) is 0 Å². The molecule has 4 rings (SSSR count). The van der Waals surface area contributed by atoms with Gasteiger partial charge < -0.3 is 0 Å². The lowest BCUT2D eigenvalue weighted by Gasteiger charge is -2.34. The van der Waals surface area contributed by atoms with Crippen LogP contribution in [0.3, 0.4) is 0 Å². The van der Waals surface area contributed by atoms with Crippen molar-refractivity contribution in [1.82, 2.24) is 19.9 Å². The highest BCUT2D eigenvalue weighted by Crippen LogP contribution is 2.43. The van der Waals surface area contributed by atoms with E-state index in [-0.39, 0.29) is 24.9 Å². The van der Waals surface area contributed by atoms with Crippen LogP contribution in [0.2, 0.25) is 0 Å². The van der Waals surface area contributed by atoms with E-state index in [0.29, 0.717) is 11.1 Å². The quantitative estimate of drug-likeness (QED) is 0.527. The zero-order chi connectivity index (χ0) is 19.6. The SMILES string of the molecule is FC1(F)CCN(C(c2cccc(Br)n2)C(c2cccnc2)c2cccnc2)C1. The number of aromatic nitrogens is 3. The molecule has 144 valence electrons. The van der Waals surface area contributed by atoms with Crippen LogP contribution in [0, 0.1) is 0 Å². The summed E-state index contributed by atoms with van der Waals surface area (Å²) in [5.74, 6) is -2.92. The lowest BCUT2D eigenvalue weighted by atomic mass is 9.84. The van der Waals surface area contributed by atoms with Crippen molar-refractivity contribution in [2.24, 2.45) is 0 Å². The second-order valence-corrected chi connectivity index (χ2v) is 7.77. The van der Waals surface area contributed by atoms with E-state index in [1.165, 1.54) is 0 Å². The summed E-state index contributed by atoms with van der Waals surface area (Å²) in [6.07, 6.45) is 6.85. The molecule has 0 spiro atoms. The van der Waals surface area contributed by atoms with Gasteiger partial charge in [-0.2, -0.15) is 0 Å². The Bertz CT molecular complexity index is 884. The number of likely N-dealkylation sites (tertiary alicyclic amines) is 1. The number of hydrogen-bond donors (Lipinski definition) is 0. The molecular formula is C21H19BrF2N4. The minimum atomic E-state index is -2.70.